The van der Waals surface area contributed by atoms with Crippen LogP contribution in [0.4, 0.5) is 11.8 Å². The predicted molar refractivity (Wildman–Crippen MR) is 108 cm³/mol. The Bertz CT molecular complexity index is 680. The van der Waals surface area contributed by atoms with E-state index in [0.717, 1.165) is 63.3 Å². The van der Waals surface area contributed by atoms with Crippen LogP contribution < -0.4 is 10.2 Å². The van der Waals surface area contributed by atoms with Gasteiger partial charge in [-0.05, 0) is 26.6 Å². The fraction of sp³-hybridized carbons (Fsp3) is 0.500. The number of rotatable bonds is 7. The number of aromatic nitrogens is 2. The molecular formula is C20H30N6. The summed E-state index contributed by atoms with van der Waals surface area (Å²) in [4.78, 5) is 16.3. The third-order valence-corrected chi connectivity index (χ3v) is 4.61. The number of nitrogens with one attached hydrogen (secondary N) is 1. The largest absolute Gasteiger partial charge is 0.369 e. The zero-order valence-corrected chi connectivity index (χ0v) is 16.1. The summed E-state index contributed by atoms with van der Waals surface area (Å²) in [6.45, 7) is 8.92. The summed E-state index contributed by atoms with van der Waals surface area (Å²) in [5, 5.41) is 3.41. The Morgan fingerprint density at radius 2 is 1.77 bits per heavy atom. The van der Waals surface area contributed by atoms with Gasteiger partial charge in [0.15, 0.2) is 0 Å². The second-order valence-corrected chi connectivity index (χ2v) is 7.17. The molecule has 1 N–H and O–H groups in total. The molecule has 2 aromatic rings. The molecule has 1 fully saturated rings. The fourth-order valence-corrected chi connectivity index (χ4v) is 3.14. The quantitative estimate of drug-likeness (QED) is 0.821. The average Bonchev–Trinajstić information content (AvgIpc) is 2.62. The number of piperazine rings is 1. The SMILES string of the molecule is Cc1cc(NCCN(C)C)nc(N2CCN(Cc3ccccc3)CC2)n1. The summed E-state index contributed by atoms with van der Waals surface area (Å²) < 4.78 is 0. The van der Waals surface area contributed by atoms with E-state index in [1.54, 1.807) is 0 Å². The van der Waals surface area contributed by atoms with Crippen molar-refractivity contribution in [2.24, 2.45) is 0 Å². The molecule has 26 heavy (non-hydrogen) atoms. The molecule has 3 rings (SSSR count). The van der Waals surface area contributed by atoms with Gasteiger partial charge in [-0.3, -0.25) is 4.90 Å². The maximum atomic E-state index is 4.73. The minimum absolute atomic E-state index is 0.844. The number of hydrogen-bond acceptors (Lipinski definition) is 6. The summed E-state index contributed by atoms with van der Waals surface area (Å²) in [6, 6.07) is 12.7. The van der Waals surface area contributed by atoms with Crippen LogP contribution in [0.1, 0.15) is 11.3 Å². The molecule has 1 aliphatic heterocycles. The van der Waals surface area contributed by atoms with E-state index in [4.69, 9.17) is 4.98 Å². The summed E-state index contributed by atoms with van der Waals surface area (Å²) in [5.41, 5.74) is 2.38. The fourth-order valence-electron chi connectivity index (χ4n) is 3.14. The van der Waals surface area contributed by atoms with Gasteiger partial charge in [0, 0.05) is 57.6 Å². The lowest BCUT2D eigenvalue weighted by Gasteiger charge is -2.35. The average molecular weight is 355 g/mol. The number of anilines is 2. The molecule has 0 amide bonds. The third-order valence-electron chi connectivity index (χ3n) is 4.61. The van der Waals surface area contributed by atoms with E-state index in [2.05, 4.69) is 69.4 Å². The minimum atomic E-state index is 0.844. The molecule has 2 heterocycles. The zero-order valence-electron chi connectivity index (χ0n) is 16.1. The lowest BCUT2D eigenvalue weighted by molar-refractivity contribution is 0.248. The van der Waals surface area contributed by atoms with E-state index < -0.39 is 0 Å². The van der Waals surface area contributed by atoms with Crippen LogP contribution in [0.5, 0.6) is 0 Å². The Morgan fingerprint density at radius 1 is 1.04 bits per heavy atom. The maximum absolute atomic E-state index is 4.73. The van der Waals surface area contributed by atoms with E-state index in [1.807, 2.05) is 13.0 Å². The van der Waals surface area contributed by atoms with E-state index >= 15 is 0 Å². The van der Waals surface area contributed by atoms with Crippen LogP contribution in [0.3, 0.4) is 0 Å². The third kappa shape index (κ3) is 5.41. The van der Waals surface area contributed by atoms with Gasteiger partial charge in [-0.2, -0.15) is 4.98 Å². The van der Waals surface area contributed by atoms with Gasteiger partial charge in [0.05, 0.1) is 0 Å². The van der Waals surface area contributed by atoms with E-state index in [0.29, 0.717) is 0 Å². The first kappa shape index (κ1) is 18.6. The van der Waals surface area contributed by atoms with Crippen molar-refractivity contribution in [3.05, 3.63) is 47.7 Å². The first-order chi connectivity index (χ1) is 12.6. The lowest BCUT2D eigenvalue weighted by atomic mass is 10.2. The molecule has 6 heteroatoms. The van der Waals surface area contributed by atoms with Gasteiger partial charge in [0.2, 0.25) is 5.95 Å². The highest BCUT2D eigenvalue weighted by Crippen LogP contribution is 2.16. The number of hydrogen-bond donors (Lipinski definition) is 1. The molecule has 0 spiro atoms. The van der Waals surface area contributed by atoms with Crippen LogP contribution >= 0.6 is 0 Å². The van der Waals surface area contributed by atoms with Crippen molar-refractivity contribution in [3.63, 3.8) is 0 Å². The normalized spacial score (nSPS) is 15.5. The van der Waals surface area contributed by atoms with Crippen LogP contribution in [0, 0.1) is 6.92 Å². The van der Waals surface area contributed by atoms with E-state index in [-0.39, 0.29) is 0 Å². The van der Waals surface area contributed by atoms with E-state index in [1.165, 1.54) is 5.56 Å². The summed E-state index contributed by atoms with van der Waals surface area (Å²) in [5.74, 6) is 1.76. The molecule has 0 radical (unpaired) electrons. The molecule has 140 valence electrons. The molecule has 1 aliphatic rings. The van der Waals surface area contributed by atoms with Gasteiger partial charge < -0.3 is 15.1 Å². The molecule has 0 atom stereocenters. The predicted octanol–water partition coefficient (Wildman–Crippen LogP) is 2.08. The van der Waals surface area contributed by atoms with Gasteiger partial charge in [-0.1, -0.05) is 30.3 Å². The van der Waals surface area contributed by atoms with Crippen LogP contribution in [0.2, 0.25) is 0 Å². The van der Waals surface area contributed by atoms with Gasteiger partial charge in [0.25, 0.3) is 0 Å². The van der Waals surface area contributed by atoms with Crippen molar-refractivity contribution in [3.8, 4) is 0 Å². The smallest absolute Gasteiger partial charge is 0.227 e. The number of benzene rings is 1. The first-order valence-corrected chi connectivity index (χ1v) is 9.35. The number of aryl methyl sites for hydroxylation is 1. The van der Waals surface area contributed by atoms with Crippen molar-refractivity contribution in [2.75, 3.05) is 63.6 Å². The van der Waals surface area contributed by atoms with Crippen LogP contribution in [0.15, 0.2) is 36.4 Å². The van der Waals surface area contributed by atoms with Crippen LogP contribution in [0.25, 0.3) is 0 Å². The Kier molecular flexibility index (Phi) is 6.41. The highest BCUT2D eigenvalue weighted by molar-refractivity contribution is 5.44. The molecular weight excluding hydrogens is 324 g/mol. The Hall–Kier alpha value is -2.18. The minimum Gasteiger partial charge on any atom is -0.369 e. The van der Waals surface area contributed by atoms with Gasteiger partial charge in [-0.25, -0.2) is 4.98 Å². The number of likely N-dealkylation sites (N-methyl/N-ethyl adjacent to an activating group) is 1. The van der Waals surface area contributed by atoms with Crippen molar-refractivity contribution >= 4 is 11.8 Å². The topological polar surface area (TPSA) is 47.5 Å². The Balaban J connectivity index is 1.56. The molecule has 0 saturated carbocycles. The summed E-state index contributed by atoms with van der Waals surface area (Å²) in [7, 11) is 4.15. The second kappa shape index (κ2) is 8.96. The number of nitrogens with zero attached hydrogens (tertiary/aromatic N) is 5. The monoisotopic (exact) mass is 354 g/mol. The Morgan fingerprint density at radius 3 is 2.46 bits per heavy atom. The van der Waals surface area contributed by atoms with Crippen molar-refractivity contribution in [1.29, 1.82) is 0 Å². The van der Waals surface area contributed by atoms with Crippen molar-refractivity contribution < 1.29 is 0 Å². The van der Waals surface area contributed by atoms with Crippen molar-refractivity contribution in [1.82, 2.24) is 19.8 Å². The van der Waals surface area contributed by atoms with E-state index in [9.17, 15) is 0 Å². The molecule has 0 bridgehead atoms. The van der Waals surface area contributed by atoms with Crippen molar-refractivity contribution in [2.45, 2.75) is 13.5 Å². The van der Waals surface area contributed by atoms with Gasteiger partial charge in [-0.15, -0.1) is 0 Å². The molecule has 1 aromatic heterocycles. The summed E-state index contributed by atoms with van der Waals surface area (Å²) >= 11 is 0. The molecule has 0 unspecified atom stereocenters. The lowest BCUT2D eigenvalue weighted by Crippen LogP contribution is -2.46. The molecule has 1 aromatic carbocycles. The van der Waals surface area contributed by atoms with Crippen LogP contribution in [-0.4, -0.2) is 73.1 Å². The second-order valence-electron chi connectivity index (χ2n) is 7.17. The molecule has 1 saturated heterocycles. The highest BCUT2D eigenvalue weighted by Gasteiger charge is 2.19. The summed E-state index contributed by atoms with van der Waals surface area (Å²) in [6.07, 6.45) is 0. The van der Waals surface area contributed by atoms with Gasteiger partial charge in [0.1, 0.15) is 5.82 Å². The first-order valence-electron chi connectivity index (χ1n) is 9.35. The Labute approximate surface area is 156 Å². The zero-order chi connectivity index (χ0) is 18.4. The maximum Gasteiger partial charge on any atom is 0.227 e. The van der Waals surface area contributed by atoms with Crippen LogP contribution in [-0.2, 0) is 6.54 Å². The molecule has 0 aliphatic carbocycles. The van der Waals surface area contributed by atoms with Gasteiger partial charge >= 0.3 is 0 Å². The standard InChI is InChI=1S/C20H30N6/c1-17-15-19(21-9-10-24(2)3)23-20(22-17)26-13-11-25(12-14-26)16-18-7-5-4-6-8-18/h4-8,15H,9-14,16H2,1-3H3,(H,21,22,23). The molecule has 6 nitrogen and oxygen atoms in total. The highest BCUT2D eigenvalue weighted by atomic mass is 15.3.